The minimum atomic E-state index is -3.58. The number of pyridine rings is 1. The standard InChI is InChI=1S/C16H20N2O3S/c1-12-8-14-5-2-6-15(16(14)17-9-12)22(20,21)18-7-3-4-13(10-18)11-19/h2,5-6,8-9,13,19H,3-4,7,10-11H2,1H3. The second-order valence-electron chi connectivity index (χ2n) is 5.89. The normalized spacial score (nSPS) is 20.4. The molecule has 1 saturated heterocycles. The molecule has 1 aromatic heterocycles. The Hall–Kier alpha value is -1.50. The smallest absolute Gasteiger partial charge is 0.245 e. The number of hydrogen-bond donors (Lipinski definition) is 1. The molecule has 2 heterocycles. The van der Waals surface area contributed by atoms with Gasteiger partial charge in [-0.05, 0) is 43.4 Å². The summed E-state index contributed by atoms with van der Waals surface area (Å²) in [7, 11) is -3.58. The van der Waals surface area contributed by atoms with Crippen LogP contribution in [0, 0.1) is 12.8 Å². The molecule has 6 heteroatoms. The van der Waals surface area contributed by atoms with E-state index in [0.29, 0.717) is 18.6 Å². The molecule has 2 aromatic rings. The summed E-state index contributed by atoms with van der Waals surface area (Å²) in [4.78, 5) is 4.58. The van der Waals surface area contributed by atoms with Gasteiger partial charge in [-0.2, -0.15) is 4.31 Å². The number of benzene rings is 1. The number of piperidine rings is 1. The van der Waals surface area contributed by atoms with Crippen LogP contribution in [0.1, 0.15) is 18.4 Å². The van der Waals surface area contributed by atoms with Crippen LogP contribution >= 0.6 is 0 Å². The molecule has 1 aliphatic heterocycles. The highest BCUT2D eigenvalue weighted by Gasteiger charge is 2.31. The van der Waals surface area contributed by atoms with Gasteiger partial charge in [-0.1, -0.05) is 12.1 Å². The highest BCUT2D eigenvalue weighted by molar-refractivity contribution is 7.89. The molecule has 0 radical (unpaired) electrons. The Labute approximate surface area is 130 Å². The number of nitrogens with zero attached hydrogens (tertiary/aromatic N) is 2. The van der Waals surface area contributed by atoms with Crippen LogP contribution in [0.5, 0.6) is 0 Å². The predicted molar refractivity (Wildman–Crippen MR) is 85.0 cm³/mol. The first-order chi connectivity index (χ1) is 10.5. The second kappa shape index (κ2) is 5.95. The SMILES string of the molecule is Cc1cnc2c(S(=O)(=O)N3CCCC(CO)C3)cccc2c1. The van der Waals surface area contributed by atoms with Gasteiger partial charge in [-0.3, -0.25) is 4.98 Å². The molecule has 1 N–H and O–H groups in total. The third-order valence-corrected chi connectivity index (χ3v) is 6.07. The van der Waals surface area contributed by atoms with E-state index >= 15 is 0 Å². The topological polar surface area (TPSA) is 70.5 Å². The molecular formula is C16H20N2O3S. The largest absolute Gasteiger partial charge is 0.396 e. The van der Waals surface area contributed by atoms with Crippen LogP contribution in [0.3, 0.4) is 0 Å². The molecule has 1 fully saturated rings. The van der Waals surface area contributed by atoms with E-state index < -0.39 is 10.0 Å². The summed E-state index contributed by atoms with van der Waals surface area (Å²) in [6, 6.07) is 7.18. The number of hydrogen-bond acceptors (Lipinski definition) is 4. The van der Waals surface area contributed by atoms with E-state index in [0.717, 1.165) is 23.8 Å². The van der Waals surface area contributed by atoms with Gasteiger partial charge in [-0.15, -0.1) is 0 Å². The monoisotopic (exact) mass is 320 g/mol. The van der Waals surface area contributed by atoms with E-state index in [1.807, 2.05) is 19.1 Å². The number of aromatic nitrogens is 1. The molecule has 1 unspecified atom stereocenters. The molecule has 0 saturated carbocycles. The number of aliphatic hydroxyl groups excluding tert-OH is 1. The Morgan fingerprint density at radius 3 is 3.00 bits per heavy atom. The van der Waals surface area contributed by atoms with Crippen LogP contribution < -0.4 is 0 Å². The molecule has 0 aliphatic carbocycles. The third-order valence-electron chi connectivity index (χ3n) is 4.17. The van der Waals surface area contributed by atoms with E-state index in [4.69, 9.17) is 0 Å². The average Bonchev–Trinajstić information content (AvgIpc) is 2.54. The number of aliphatic hydroxyl groups is 1. The van der Waals surface area contributed by atoms with Crippen LogP contribution in [-0.2, 0) is 10.0 Å². The Balaban J connectivity index is 2.05. The summed E-state index contributed by atoms with van der Waals surface area (Å²) < 4.78 is 27.4. The Kier molecular flexibility index (Phi) is 4.16. The van der Waals surface area contributed by atoms with Crippen LogP contribution in [0.2, 0.25) is 0 Å². The minimum Gasteiger partial charge on any atom is -0.396 e. The molecule has 1 atom stereocenters. The molecule has 3 rings (SSSR count). The van der Waals surface area contributed by atoms with Crippen LogP contribution in [0.15, 0.2) is 35.4 Å². The quantitative estimate of drug-likeness (QED) is 0.938. The Bertz CT molecular complexity index is 789. The van der Waals surface area contributed by atoms with Gasteiger partial charge >= 0.3 is 0 Å². The van der Waals surface area contributed by atoms with E-state index in [1.54, 1.807) is 18.3 Å². The summed E-state index contributed by atoms with van der Waals surface area (Å²) >= 11 is 0. The van der Waals surface area contributed by atoms with Crippen molar-refractivity contribution < 1.29 is 13.5 Å². The summed E-state index contributed by atoms with van der Waals surface area (Å²) in [6.07, 6.45) is 3.34. The molecule has 0 spiro atoms. The van der Waals surface area contributed by atoms with Crippen LogP contribution in [0.4, 0.5) is 0 Å². The molecule has 22 heavy (non-hydrogen) atoms. The van der Waals surface area contributed by atoms with Gasteiger partial charge in [0.05, 0.1) is 5.52 Å². The zero-order chi connectivity index (χ0) is 15.7. The average molecular weight is 320 g/mol. The molecule has 5 nitrogen and oxygen atoms in total. The predicted octanol–water partition coefficient (Wildman–Crippen LogP) is 1.94. The van der Waals surface area contributed by atoms with Crippen molar-refractivity contribution in [2.24, 2.45) is 5.92 Å². The van der Waals surface area contributed by atoms with E-state index in [9.17, 15) is 13.5 Å². The van der Waals surface area contributed by atoms with Crippen molar-refractivity contribution in [2.45, 2.75) is 24.7 Å². The lowest BCUT2D eigenvalue weighted by Crippen LogP contribution is -2.40. The molecule has 1 aliphatic rings. The lowest BCUT2D eigenvalue weighted by Gasteiger charge is -2.31. The van der Waals surface area contributed by atoms with Crippen LogP contribution in [0.25, 0.3) is 10.9 Å². The zero-order valence-electron chi connectivity index (χ0n) is 12.6. The fourth-order valence-electron chi connectivity index (χ4n) is 2.98. The van der Waals surface area contributed by atoms with Crippen molar-refractivity contribution in [1.82, 2.24) is 9.29 Å². The van der Waals surface area contributed by atoms with Crippen molar-refractivity contribution in [2.75, 3.05) is 19.7 Å². The summed E-state index contributed by atoms with van der Waals surface area (Å²) in [5.41, 5.74) is 1.51. The van der Waals surface area contributed by atoms with Gasteiger partial charge < -0.3 is 5.11 Å². The van der Waals surface area contributed by atoms with Gasteiger partial charge in [0, 0.05) is 31.3 Å². The third kappa shape index (κ3) is 2.74. The van der Waals surface area contributed by atoms with Gasteiger partial charge in [0.25, 0.3) is 0 Å². The zero-order valence-corrected chi connectivity index (χ0v) is 13.4. The van der Waals surface area contributed by atoms with Gasteiger partial charge in [0.2, 0.25) is 10.0 Å². The summed E-state index contributed by atoms with van der Waals surface area (Å²) in [5, 5.41) is 10.1. The van der Waals surface area contributed by atoms with Gasteiger partial charge in [0.15, 0.2) is 0 Å². The van der Waals surface area contributed by atoms with Gasteiger partial charge in [-0.25, -0.2) is 8.42 Å². The van der Waals surface area contributed by atoms with E-state index in [2.05, 4.69) is 4.98 Å². The summed E-state index contributed by atoms with van der Waals surface area (Å²) in [5.74, 6) is 0.0219. The van der Waals surface area contributed by atoms with Crippen molar-refractivity contribution >= 4 is 20.9 Å². The second-order valence-corrected chi connectivity index (χ2v) is 7.80. The van der Waals surface area contributed by atoms with E-state index in [1.165, 1.54) is 4.31 Å². The maximum absolute atomic E-state index is 13.0. The number of rotatable bonds is 3. The molecular weight excluding hydrogens is 300 g/mol. The maximum Gasteiger partial charge on any atom is 0.245 e. The highest BCUT2D eigenvalue weighted by atomic mass is 32.2. The maximum atomic E-state index is 13.0. The van der Waals surface area contributed by atoms with Crippen molar-refractivity contribution in [1.29, 1.82) is 0 Å². The van der Waals surface area contributed by atoms with Crippen LogP contribution in [-0.4, -0.2) is 42.5 Å². The number of aryl methyl sites for hydroxylation is 1. The number of sulfonamides is 1. The molecule has 1 aromatic carbocycles. The Morgan fingerprint density at radius 2 is 2.23 bits per heavy atom. The highest BCUT2D eigenvalue weighted by Crippen LogP contribution is 2.28. The lowest BCUT2D eigenvalue weighted by molar-refractivity contribution is 0.165. The number of para-hydroxylation sites is 1. The van der Waals surface area contributed by atoms with Crippen molar-refractivity contribution in [3.63, 3.8) is 0 Å². The van der Waals surface area contributed by atoms with Gasteiger partial charge in [0.1, 0.15) is 4.90 Å². The first-order valence-electron chi connectivity index (χ1n) is 7.49. The molecule has 0 amide bonds. The molecule has 0 bridgehead atoms. The Morgan fingerprint density at radius 1 is 1.41 bits per heavy atom. The summed E-state index contributed by atoms with van der Waals surface area (Å²) in [6.45, 7) is 2.84. The minimum absolute atomic E-state index is 0.0219. The fourth-order valence-corrected chi connectivity index (χ4v) is 4.70. The van der Waals surface area contributed by atoms with Crippen molar-refractivity contribution in [3.05, 3.63) is 36.0 Å². The van der Waals surface area contributed by atoms with Crippen molar-refractivity contribution in [3.8, 4) is 0 Å². The van der Waals surface area contributed by atoms with E-state index in [-0.39, 0.29) is 17.4 Å². The lowest BCUT2D eigenvalue weighted by atomic mass is 10.0. The first kappa shape index (κ1) is 15.4. The first-order valence-corrected chi connectivity index (χ1v) is 8.93. The molecule has 118 valence electrons. The number of fused-ring (bicyclic) bond motifs is 1. The fraction of sp³-hybridized carbons (Fsp3) is 0.438.